The maximum Gasteiger partial charge on any atom is 0.261 e. The highest BCUT2D eigenvalue weighted by Crippen LogP contribution is 2.31. The fourth-order valence-electron chi connectivity index (χ4n) is 3.07. The lowest BCUT2D eigenvalue weighted by Gasteiger charge is -2.28. The molecule has 0 fully saturated rings. The number of amides is 2. The van der Waals surface area contributed by atoms with Crippen LogP contribution in [0.4, 0.5) is 0 Å². The number of carbonyl (C=O) groups is 2. The van der Waals surface area contributed by atoms with Gasteiger partial charge in [-0.1, -0.05) is 39.0 Å². The number of carbonyl (C=O) groups excluding carboxylic acids is 2. The smallest absolute Gasteiger partial charge is 0.261 e. The van der Waals surface area contributed by atoms with Gasteiger partial charge in [-0.25, -0.2) is 0 Å². The van der Waals surface area contributed by atoms with Gasteiger partial charge >= 0.3 is 0 Å². The SMILES string of the molecule is CNC(=O)[C@@H](C)N(Cc1cccc(OC)c1)C(=O)COc1ccc(C(C)(C)C)cc1Br. The van der Waals surface area contributed by atoms with Gasteiger partial charge in [0.1, 0.15) is 17.5 Å². The van der Waals surface area contributed by atoms with Gasteiger partial charge in [0.05, 0.1) is 11.6 Å². The van der Waals surface area contributed by atoms with E-state index in [4.69, 9.17) is 9.47 Å². The molecular formula is C24H31BrN2O4. The first-order valence-electron chi connectivity index (χ1n) is 10.1. The van der Waals surface area contributed by atoms with E-state index in [0.29, 0.717) is 11.5 Å². The molecule has 1 atom stereocenters. The number of nitrogens with one attached hydrogen (secondary N) is 1. The van der Waals surface area contributed by atoms with Crippen molar-refractivity contribution in [1.82, 2.24) is 10.2 Å². The van der Waals surface area contributed by atoms with E-state index in [1.54, 1.807) is 21.1 Å². The molecule has 0 unspecified atom stereocenters. The molecule has 2 aromatic carbocycles. The van der Waals surface area contributed by atoms with Gasteiger partial charge in [-0.2, -0.15) is 0 Å². The van der Waals surface area contributed by atoms with Crippen LogP contribution in [-0.4, -0.2) is 43.5 Å². The molecule has 0 saturated heterocycles. The summed E-state index contributed by atoms with van der Waals surface area (Å²) in [6.45, 7) is 8.18. The second-order valence-electron chi connectivity index (χ2n) is 8.35. The lowest BCUT2D eigenvalue weighted by Crippen LogP contribution is -2.48. The van der Waals surface area contributed by atoms with Crippen LogP contribution in [-0.2, 0) is 21.5 Å². The Morgan fingerprint density at radius 3 is 2.45 bits per heavy atom. The number of nitrogens with zero attached hydrogens (tertiary/aromatic N) is 1. The number of hydrogen-bond donors (Lipinski definition) is 1. The fraction of sp³-hybridized carbons (Fsp3) is 0.417. The summed E-state index contributed by atoms with van der Waals surface area (Å²) in [5.74, 6) is 0.740. The summed E-state index contributed by atoms with van der Waals surface area (Å²) in [6.07, 6.45) is 0. The van der Waals surface area contributed by atoms with Crippen LogP contribution in [0.3, 0.4) is 0 Å². The second-order valence-corrected chi connectivity index (χ2v) is 9.20. The van der Waals surface area contributed by atoms with Crippen LogP contribution < -0.4 is 14.8 Å². The van der Waals surface area contributed by atoms with E-state index < -0.39 is 6.04 Å². The highest BCUT2D eigenvalue weighted by atomic mass is 79.9. The second kappa shape index (κ2) is 10.7. The summed E-state index contributed by atoms with van der Waals surface area (Å²) in [7, 11) is 3.14. The average Bonchev–Trinajstić information content (AvgIpc) is 2.74. The molecule has 31 heavy (non-hydrogen) atoms. The fourth-order valence-corrected chi connectivity index (χ4v) is 3.56. The van der Waals surface area contributed by atoms with E-state index in [2.05, 4.69) is 42.0 Å². The first-order chi connectivity index (χ1) is 14.6. The Morgan fingerprint density at radius 1 is 1.16 bits per heavy atom. The number of methoxy groups -OCH3 is 1. The van der Waals surface area contributed by atoms with Gasteiger partial charge in [0, 0.05) is 13.6 Å². The molecule has 0 heterocycles. The molecule has 0 aliphatic rings. The predicted octanol–water partition coefficient (Wildman–Crippen LogP) is 4.30. The van der Waals surface area contributed by atoms with Crippen molar-refractivity contribution < 1.29 is 19.1 Å². The third-order valence-corrected chi connectivity index (χ3v) is 5.67. The maximum absolute atomic E-state index is 13.0. The minimum absolute atomic E-state index is 0.00730. The zero-order chi connectivity index (χ0) is 23.2. The molecule has 0 aliphatic carbocycles. The van der Waals surface area contributed by atoms with E-state index in [1.807, 2.05) is 42.5 Å². The molecule has 7 heteroatoms. The molecule has 0 aliphatic heterocycles. The van der Waals surface area contributed by atoms with Gasteiger partial charge in [0.2, 0.25) is 5.91 Å². The standard InChI is InChI=1S/C24H31BrN2O4/c1-16(23(29)26-5)27(14-17-8-7-9-19(12-17)30-6)22(28)15-31-21-11-10-18(13-20(21)25)24(2,3)4/h7-13,16H,14-15H2,1-6H3,(H,26,29)/t16-/m1/s1. The van der Waals surface area contributed by atoms with Crippen molar-refractivity contribution in [2.24, 2.45) is 0 Å². The molecule has 2 amide bonds. The first kappa shape index (κ1) is 24.7. The summed E-state index contributed by atoms with van der Waals surface area (Å²) in [5.41, 5.74) is 2.03. The van der Waals surface area contributed by atoms with Crippen molar-refractivity contribution in [2.45, 2.75) is 45.7 Å². The third-order valence-electron chi connectivity index (χ3n) is 5.05. The molecule has 168 valence electrons. The van der Waals surface area contributed by atoms with E-state index >= 15 is 0 Å². The van der Waals surface area contributed by atoms with Gasteiger partial charge in [0.25, 0.3) is 5.91 Å². The highest BCUT2D eigenvalue weighted by molar-refractivity contribution is 9.10. The topological polar surface area (TPSA) is 67.9 Å². The lowest BCUT2D eigenvalue weighted by molar-refractivity contribution is -0.142. The van der Waals surface area contributed by atoms with Crippen molar-refractivity contribution >= 4 is 27.7 Å². The number of ether oxygens (including phenoxy) is 2. The average molecular weight is 491 g/mol. The number of halogens is 1. The lowest BCUT2D eigenvalue weighted by atomic mass is 9.87. The number of benzene rings is 2. The Balaban J connectivity index is 2.18. The summed E-state index contributed by atoms with van der Waals surface area (Å²) in [6, 6.07) is 12.6. The van der Waals surface area contributed by atoms with Gasteiger partial charge in [-0.05, 0) is 63.7 Å². The molecular weight excluding hydrogens is 460 g/mol. The van der Waals surface area contributed by atoms with Crippen molar-refractivity contribution in [3.63, 3.8) is 0 Å². The molecule has 0 bridgehead atoms. The molecule has 0 spiro atoms. The quantitative estimate of drug-likeness (QED) is 0.598. The van der Waals surface area contributed by atoms with Crippen LogP contribution in [0.5, 0.6) is 11.5 Å². The van der Waals surface area contributed by atoms with Gasteiger partial charge in [-0.15, -0.1) is 0 Å². The van der Waals surface area contributed by atoms with Crippen molar-refractivity contribution in [1.29, 1.82) is 0 Å². The normalized spacial score (nSPS) is 12.1. The van der Waals surface area contributed by atoms with Crippen LogP contribution in [0.15, 0.2) is 46.9 Å². The Kier molecular flexibility index (Phi) is 8.51. The maximum atomic E-state index is 13.0. The third kappa shape index (κ3) is 6.72. The van der Waals surface area contributed by atoms with Gasteiger partial charge in [0.15, 0.2) is 6.61 Å². The Bertz CT molecular complexity index is 924. The summed E-state index contributed by atoms with van der Waals surface area (Å²) < 4.78 is 11.8. The summed E-state index contributed by atoms with van der Waals surface area (Å²) in [5, 5.41) is 2.61. The monoisotopic (exact) mass is 490 g/mol. The molecule has 2 aromatic rings. The Morgan fingerprint density at radius 2 is 1.87 bits per heavy atom. The van der Waals surface area contributed by atoms with Crippen molar-refractivity contribution in [3.8, 4) is 11.5 Å². The number of likely N-dealkylation sites (N-methyl/N-ethyl adjacent to an activating group) is 1. The van der Waals surface area contributed by atoms with E-state index in [1.165, 1.54) is 4.90 Å². The minimum atomic E-state index is -0.654. The first-order valence-corrected chi connectivity index (χ1v) is 10.9. The molecule has 0 radical (unpaired) electrons. The largest absolute Gasteiger partial charge is 0.497 e. The van der Waals surface area contributed by atoms with Crippen LogP contribution in [0.1, 0.15) is 38.8 Å². The zero-order valence-corrected chi connectivity index (χ0v) is 20.6. The molecule has 0 aromatic heterocycles. The van der Waals surface area contributed by atoms with E-state index in [9.17, 15) is 9.59 Å². The van der Waals surface area contributed by atoms with E-state index in [0.717, 1.165) is 15.6 Å². The van der Waals surface area contributed by atoms with Gasteiger partial charge in [-0.3, -0.25) is 9.59 Å². The van der Waals surface area contributed by atoms with E-state index in [-0.39, 0.29) is 30.4 Å². The van der Waals surface area contributed by atoms with Crippen LogP contribution in [0, 0.1) is 0 Å². The molecule has 2 rings (SSSR count). The van der Waals surface area contributed by atoms with Crippen LogP contribution in [0.25, 0.3) is 0 Å². The molecule has 6 nitrogen and oxygen atoms in total. The minimum Gasteiger partial charge on any atom is -0.497 e. The molecule has 1 N–H and O–H groups in total. The van der Waals surface area contributed by atoms with Crippen LogP contribution >= 0.6 is 15.9 Å². The van der Waals surface area contributed by atoms with Crippen LogP contribution in [0.2, 0.25) is 0 Å². The van der Waals surface area contributed by atoms with Gasteiger partial charge < -0.3 is 19.7 Å². The highest BCUT2D eigenvalue weighted by Gasteiger charge is 2.26. The summed E-state index contributed by atoms with van der Waals surface area (Å²) >= 11 is 3.53. The Hall–Kier alpha value is -2.54. The predicted molar refractivity (Wildman–Crippen MR) is 125 cm³/mol. The summed E-state index contributed by atoms with van der Waals surface area (Å²) in [4.78, 5) is 26.8. The number of hydrogen-bond acceptors (Lipinski definition) is 4. The van der Waals surface area contributed by atoms with Crippen molar-refractivity contribution in [2.75, 3.05) is 20.8 Å². The number of rotatable bonds is 8. The zero-order valence-electron chi connectivity index (χ0n) is 19.0. The molecule has 0 saturated carbocycles. The Labute approximate surface area is 193 Å². The van der Waals surface area contributed by atoms with Crippen molar-refractivity contribution in [3.05, 3.63) is 58.1 Å².